The maximum atomic E-state index is 3.71. The highest BCUT2D eigenvalue weighted by Crippen LogP contribution is 2.37. The second-order valence-corrected chi connectivity index (χ2v) is 7.35. The highest BCUT2D eigenvalue weighted by Gasteiger charge is 2.29. The van der Waals surface area contributed by atoms with Crippen molar-refractivity contribution in [2.24, 2.45) is 0 Å². The molecule has 1 N–H and O–H groups in total. The van der Waals surface area contributed by atoms with Crippen molar-refractivity contribution in [2.75, 3.05) is 6.54 Å². The molecule has 106 valence electrons. The number of likely N-dealkylation sites (N-methyl/N-ethyl adjacent to an activating group) is 1. The van der Waals surface area contributed by atoms with Gasteiger partial charge in [-0.2, -0.15) is 0 Å². The van der Waals surface area contributed by atoms with Crippen LogP contribution in [0.4, 0.5) is 0 Å². The van der Waals surface area contributed by atoms with Crippen LogP contribution in [0.5, 0.6) is 0 Å². The van der Waals surface area contributed by atoms with Crippen LogP contribution in [0.2, 0.25) is 0 Å². The lowest BCUT2D eigenvalue weighted by atomic mass is 9.90. The molecular weight excluding hydrogens is 330 g/mol. The van der Waals surface area contributed by atoms with Crippen LogP contribution < -0.4 is 5.32 Å². The molecule has 0 aliphatic heterocycles. The number of aryl methyl sites for hydroxylation is 1. The van der Waals surface area contributed by atoms with E-state index in [-0.39, 0.29) is 0 Å². The fourth-order valence-corrected chi connectivity index (χ4v) is 4.82. The molecule has 0 saturated carbocycles. The van der Waals surface area contributed by atoms with Gasteiger partial charge in [0, 0.05) is 26.7 Å². The van der Waals surface area contributed by atoms with Crippen LogP contribution in [-0.4, -0.2) is 12.6 Å². The summed E-state index contributed by atoms with van der Waals surface area (Å²) in [5, 5.41) is 5.90. The van der Waals surface area contributed by atoms with Crippen molar-refractivity contribution in [3.05, 3.63) is 56.2 Å². The third kappa shape index (κ3) is 3.00. The first kappa shape index (κ1) is 14.3. The molecule has 0 radical (unpaired) electrons. The molecule has 2 atom stereocenters. The van der Waals surface area contributed by atoms with E-state index in [1.807, 2.05) is 11.3 Å². The smallest absolute Gasteiger partial charge is 0.0285 e. The number of rotatable bonds is 5. The first-order valence-corrected chi connectivity index (χ1v) is 8.99. The van der Waals surface area contributed by atoms with Gasteiger partial charge in [-0.15, -0.1) is 11.3 Å². The maximum absolute atomic E-state index is 3.71. The SMILES string of the molecule is CCNC(Cc1cc(Br)cs1)C1CCc2ccccc21. The van der Waals surface area contributed by atoms with Crippen LogP contribution in [0.15, 0.2) is 40.2 Å². The summed E-state index contributed by atoms with van der Waals surface area (Å²) in [5.41, 5.74) is 3.11. The van der Waals surface area contributed by atoms with Gasteiger partial charge in [-0.25, -0.2) is 0 Å². The van der Waals surface area contributed by atoms with Crippen LogP contribution in [0.1, 0.15) is 35.3 Å². The third-order valence-corrected chi connectivity index (χ3v) is 5.89. The van der Waals surface area contributed by atoms with E-state index in [2.05, 4.69) is 63.9 Å². The van der Waals surface area contributed by atoms with Crippen molar-refractivity contribution < 1.29 is 0 Å². The number of hydrogen-bond donors (Lipinski definition) is 1. The number of benzene rings is 1. The van der Waals surface area contributed by atoms with Crippen molar-refractivity contribution in [3.8, 4) is 0 Å². The first-order chi connectivity index (χ1) is 9.78. The summed E-state index contributed by atoms with van der Waals surface area (Å²) in [6.07, 6.45) is 3.64. The fourth-order valence-electron chi connectivity index (χ4n) is 3.30. The minimum absolute atomic E-state index is 0.550. The summed E-state index contributed by atoms with van der Waals surface area (Å²) in [7, 11) is 0. The zero-order valence-corrected chi connectivity index (χ0v) is 14.1. The zero-order valence-electron chi connectivity index (χ0n) is 11.7. The van der Waals surface area contributed by atoms with Gasteiger partial charge in [0.15, 0.2) is 0 Å². The summed E-state index contributed by atoms with van der Waals surface area (Å²) < 4.78 is 1.21. The minimum Gasteiger partial charge on any atom is -0.313 e. The molecule has 1 nitrogen and oxygen atoms in total. The van der Waals surface area contributed by atoms with Crippen molar-refractivity contribution in [2.45, 2.75) is 38.1 Å². The lowest BCUT2D eigenvalue weighted by Crippen LogP contribution is -2.35. The summed E-state index contributed by atoms with van der Waals surface area (Å²) in [5.74, 6) is 0.659. The van der Waals surface area contributed by atoms with E-state index in [0.29, 0.717) is 12.0 Å². The molecule has 0 bridgehead atoms. The molecule has 1 aromatic carbocycles. The van der Waals surface area contributed by atoms with E-state index in [1.165, 1.54) is 22.2 Å². The van der Waals surface area contributed by atoms with Gasteiger partial charge in [-0.05, 0) is 58.9 Å². The molecule has 1 aliphatic rings. The van der Waals surface area contributed by atoms with Gasteiger partial charge < -0.3 is 5.32 Å². The molecule has 1 heterocycles. The molecular formula is C17H20BrNS. The summed E-state index contributed by atoms with van der Waals surface area (Å²) in [6.45, 7) is 3.24. The Morgan fingerprint density at radius 1 is 1.40 bits per heavy atom. The number of thiophene rings is 1. The van der Waals surface area contributed by atoms with Gasteiger partial charge >= 0.3 is 0 Å². The van der Waals surface area contributed by atoms with Crippen molar-refractivity contribution in [3.63, 3.8) is 0 Å². The Bertz CT molecular complexity index is 578. The molecule has 1 aromatic heterocycles. The molecule has 0 spiro atoms. The van der Waals surface area contributed by atoms with E-state index >= 15 is 0 Å². The van der Waals surface area contributed by atoms with Crippen LogP contribution in [0, 0.1) is 0 Å². The average molecular weight is 350 g/mol. The van der Waals surface area contributed by atoms with E-state index in [1.54, 1.807) is 11.1 Å². The number of halogens is 1. The lowest BCUT2D eigenvalue weighted by molar-refractivity contribution is 0.437. The summed E-state index contributed by atoms with van der Waals surface area (Å²) in [6, 6.07) is 11.8. The molecule has 2 unspecified atom stereocenters. The lowest BCUT2D eigenvalue weighted by Gasteiger charge is -2.25. The Morgan fingerprint density at radius 3 is 3.00 bits per heavy atom. The van der Waals surface area contributed by atoms with Crippen LogP contribution in [0.3, 0.4) is 0 Å². The first-order valence-electron chi connectivity index (χ1n) is 7.32. The van der Waals surface area contributed by atoms with Gasteiger partial charge in [0.05, 0.1) is 0 Å². The highest BCUT2D eigenvalue weighted by atomic mass is 79.9. The average Bonchev–Trinajstić information content (AvgIpc) is 3.04. The standard InChI is InChI=1S/C17H20BrNS/c1-2-19-17(10-14-9-13(18)11-20-14)16-8-7-12-5-3-4-6-15(12)16/h3-6,9,11,16-17,19H,2,7-8,10H2,1H3. The van der Waals surface area contributed by atoms with Gasteiger partial charge in [-0.1, -0.05) is 31.2 Å². The Morgan fingerprint density at radius 2 is 2.25 bits per heavy atom. The largest absolute Gasteiger partial charge is 0.313 e. The van der Waals surface area contributed by atoms with Gasteiger partial charge in [0.2, 0.25) is 0 Å². The predicted molar refractivity (Wildman–Crippen MR) is 90.7 cm³/mol. The zero-order chi connectivity index (χ0) is 13.9. The van der Waals surface area contributed by atoms with Crippen LogP contribution in [0.25, 0.3) is 0 Å². The number of hydrogen-bond acceptors (Lipinski definition) is 2. The molecule has 0 saturated heterocycles. The number of nitrogens with one attached hydrogen (secondary N) is 1. The van der Waals surface area contributed by atoms with Crippen LogP contribution in [-0.2, 0) is 12.8 Å². The summed E-state index contributed by atoms with van der Waals surface area (Å²) in [4.78, 5) is 1.47. The molecule has 1 aliphatic carbocycles. The maximum Gasteiger partial charge on any atom is 0.0285 e. The molecule has 2 aromatic rings. The molecule has 20 heavy (non-hydrogen) atoms. The minimum atomic E-state index is 0.550. The molecule has 0 amide bonds. The quantitative estimate of drug-likeness (QED) is 0.820. The topological polar surface area (TPSA) is 12.0 Å². The molecule has 3 heteroatoms. The van der Waals surface area contributed by atoms with Crippen LogP contribution >= 0.6 is 27.3 Å². The number of fused-ring (bicyclic) bond motifs is 1. The Kier molecular flexibility index (Phi) is 4.59. The van der Waals surface area contributed by atoms with E-state index in [9.17, 15) is 0 Å². The van der Waals surface area contributed by atoms with E-state index < -0.39 is 0 Å². The van der Waals surface area contributed by atoms with E-state index in [0.717, 1.165) is 13.0 Å². The van der Waals surface area contributed by atoms with E-state index in [4.69, 9.17) is 0 Å². The predicted octanol–water partition coefficient (Wildman–Crippen LogP) is 4.76. The Hall–Kier alpha value is -0.640. The van der Waals surface area contributed by atoms with Gasteiger partial charge in [-0.3, -0.25) is 0 Å². The molecule has 0 fully saturated rings. The van der Waals surface area contributed by atoms with Crippen molar-refractivity contribution in [1.29, 1.82) is 0 Å². The summed E-state index contributed by atoms with van der Waals surface area (Å²) >= 11 is 5.42. The van der Waals surface area contributed by atoms with Crippen molar-refractivity contribution in [1.82, 2.24) is 5.32 Å². The highest BCUT2D eigenvalue weighted by molar-refractivity contribution is 9.10. The third-order valence-electron chi connectivity index (χ3n) is 4.17. The normalized spacial score (nSPS) is 19.0. The van der Waals surface area contributed by atoms with Crippen molar-refractivity contribution >= 4 is 27.3 Å². The van der Waals surface area contributed by atoms with Gasteiger partial charge in [0.25, 0.3) is 0 Å². The molecule has 3 rings (SSSR count). The Balaban J connectivity index is 1.81. The Labute approximate surface area is 133 Å². The second-order valence-electron chi connectivity index (χ2n) is 5.44. The fraction of sp³-hybridized carbons (Fsp3) is 0.412. The second kappa shape index (κ2) is 6.42. The monoisotopic (exact) mass is 349 g/mol. The van der Waals surface area contributed by atoms with Gasteiger partial charge in [0.1, 0.15) is 0 Å².